The summed E-state index contributed by atoms with van der Waals surface area (Å²) in [6, 6.07) is 1.42. The van der Waals surface area contributed by atoms with E-state index in [0.29, 0.717) is 13.0 Å². The first-order valence-electron chi connectivity index (χ1n) is 7.17. The number of ether oxygens (including phenoxy) is 1. The van der Waals surface area contributed by atoms with Crippen molar-refractivity contribution in [3.8, 4) is 0 Å². The lowest BCUT2D eigenvalue weighted by Crippen LogP contribution is -2.47. The van der Waals surface area contributed by atoms with Crippen molar-refractivity contribution in [3.63, 3.8) is 0 Å². The van der Waals surface area contributed by atoms with Crippen LogP contribution < -0.4 is 0 Å². The van der Waals surface area contributed by atoms with Crippen LogP contribution >= 0.6 is 0 Å². The number of likely N-dealkylation sites (tertiary alicyclic amines) is 1. The van der Waals surface area contributed by atoms with Gasteiger partial charge in [-0.1, -0.05) is 0 Å². The average molecular weight is 340 g/mol. The SMILES string of the molecule is COC(=O)c1cncc(C(=O)N2CC[C@H](CO)[C@H](O)C2)c1.O=CO. The lowest BCUT2D eigenvalue weighted by atomic mass is 9.94. The third kappa shape index (κ3) is 5.00. The number of esters is 1. The van der Waals surface area contributed by atoms with Crippen LogP contribution in [0.3, 0.4) is 0 Å². The van der Waals surface area contributed by atoms with Crippen LogP contribution in [0.4, 0.5) is 0 Å². The number of rotatable bonds is 3. The summed E-state index contributed by atoms with van der Waals surface area (Å²) in [5.74, 6) is -1.06. The Labute approximate surface area is 138 Å². The molecule has 0 spiro atoms. The van der Waals surface area contributed by atoms with Crippen LogP contribution in [-0.2, 0) is 9.53 Å². The maximum absolute atomic E-state index is 12.4. The first-order chi connectivity index (χ1) is 11.5. The predicted molar refractivity (Wildman–Crippen MR) is 81.4 cm³/mol. The molecule has 132 valence electrons. The highest BCUT2D eigenvalue weighted by atomic mass is 16.5. The molecule has 1 aliphatic heterocycles. The Bertz CT molecular complexity index is 579. The largest absolute Gasteiger partial charge is 0.483 e. The summed E-state index contributed by atoms with van der Waals surface area (Å²) in [6.45, 7) is 0.263. The minimum atomic E-state index is -0.746. The quantitative estimate of drug-likeness (QED) is 0.489. The van der Waals surface area contributed by atoms with Gasteiger partial charge in [-0.05, 0) is 12.5 Å². The van der Waals surface area contributed by atoms with Gasteiger partial charge in [0.05, 0.1) is 24.3 Å². The molecule has 0 bridgehead atoms. The van der Waals surface area contributed by atoms with E-state index in [0.717, 1.165) is 0 Å². The van der Waals surface area contributed by atoms with Gasteiger partial charge in [-0.25, -0.2) is 4.79 Å². The summed E-state index contributed by atoms with van der Waals surface area (Å²) in [7, 11) is 1.26. The lowest BCUT2D eigenvalue weighted by Gasteiger charge is -2.35. The number of carbonyl (C=O) groups is 3. The van der Waals surface area contributed by atoms with Crippen LogP contribution in [0, 0.1) is 5.92 Å². The maximum atomic E-state index is 12.4. The summed E-state index contributed by atoms with van der Waals surface area (Å²) < 4.78 is 4.59. The second-order valence-electron chi connectivity index (χ2n) is 5.11. The molecule has 9 nitrogen and oxygen atoms in total. The number of hydrogen-bond acceptors (Lipinski definition) is 7. The molecule has 0 radical (unpaired) electrons. The molecule has 1 amide bonds. The lowest BCUT2D eigenvalue weighted by molar-refractivity contribution is -0.122. The van der Waals surface area contributed by atoms with Gasteiger partial charge in [0, 0.05) is 38.0 Å². The number of β-amino-alcohol motifs (C(OH)–C–C–N with tert-alkyl or cyclic N) is 1. The number of aromatic nitrogens is 1. The Hall–Kier alpha value is -2.52. The van der Waals surface area contributed by atoms with Crippen molar-refractivity contribution in [1.29, 1.82) is 0 Å². The van der Waals surface area contributed by atoms with Crippen LogP contribution in [0.15, 0.2) is 18.5 Å². The van der Waals surface area contributed by atoms with Crippen molar-refractivity contribution in [1.82, 2.24) is 9.88 Å². The summed E-state index contributed by atoms with van der Waals surface area (Å²) in [5, 5.41) is 25.9. The second-order valence-corrected chi connectivity index (χ2v) is 5.11. The van der Waals surface area contributed by atoms with Crippen LogP contribution in [0.2, 0.25) is 0 Å². The van der Waals surface area contributed by atoms with E-state index in [1.807, 2.05) is 0 Å². The van der Waals surface area contributed by atoms with Crippen LogP contribution in [0.1, 0.15) is 27.1 Å². The number of nitrogens with zero attached hydrogens (tertiary/aromatic N) is 2. The summed E-state index contributed by atoms with van der Waals surface area (Å²) in [6.07, 6.45) is 2.49. The molecule has 1 aromatic rings. The van der Waals surface area contributed by atoms with E-state index >= 15 is 0 Å². The Balaban J connectivity index is 0.000000891. The highest BCUT2D eigenvalue weighted by molar-refractivity contribution is 5.97. The Morgan fingerprint density at radius 2 is 2.04 bits per heavy atom. The third-order valence-electron chi connectivity index (χ3n) is 3.65. The highest BCUT2D eigenvalue weighted by Gasteiger charge is 2.30. The van der Waals surface area contributed by atoms with Crippen molar-refractivity contribution in [2.45, 2.75) is 12.5 Å². The Morgan fingerprint density at radius 1 is 1.42 bits per heavy atom. The van der Waals surface area contributed by atoms with Gasteiger partial charge in [-0.2, -0.15) is 0 Å². The molecule has 1 aliphatic rings. The predicted octanol–water partition coefficient (Wildman–Crippen LogP) is -0.616. The molecule has 24 heavy (non-hydrogen) atoms. The topological polar surface area (TPSA) is 137 Å². The Kier molecular flexibility index (Phi) is 7.80. The number of methoxy groups -OCH3 is 1. The second kappa shape index (κ2) is 9.58. The summed E-state index contributed by atoms with van der Waals surface area (Å²) in [5.41, 5.74) is 0.474. The van der Waals surface area contributed by atoms with Gasteiger partial charge in [0.2, 0.25) is 0 Å². The third-order valence-corrected chi connectivity index (χ3v) is 3.65. The van der Waals surface area contributed by atoms with Gasteiger partial charge in [-0.3, -0.25) is 14.6 Å². The zero-order valence-corrected chi connectivity index (χ0v) is 13.2. The molecular formula is C15H20N2O7. The molecule has 3 N–H and O–H groups in total. The minimum Gasteiger partial charge on any atom is -0.483 e. The first-order valence-corrected chi connectivity index (χ1v) is 7.17. The number of carbonyl (C=O) groups excluding carboxylic acids is 2. The highest BCUT2D eigenvalue weighted by Crippen LogP contribution is 2.19. The molecule has 1 fully saturated rings. The fraction of sp³-hybridized carbons (Fsp3) is 0.467. The average Bonchev–Trinajstić information content (AvgIpc) is 2.61. The number of aliphatic hydroxyl groups excluding tert-OH is 2. The number of amides is 1. The van der Waals surface area contributed by atoms with Crippen LogP contribution in [0.5, 0.6) is 0 Å². The zero-order chi connectivity index (χ0) is 18.1. The van der Waals surface area contributed by atoms with Gasteiger partial charge in [0.15, 0.2) is 0 Å². The normalized spacial score (nSPS) is 19.7. The van der Waals surface area contributed by atoms with Gasteiger partial charge >= 0.3 is 5.97 Å². The summed E-state index contributed by atoms with van der Waals surface area (Å²) in [4.78, 5) is 37.5. The smallest absolute Gasteiger partial charge is 0.339 e. The molecule has 0 unspecified atom stereocenters. The molecule has 0 saturated carbocycles. The minimum absolute atomic E-state index is 0.0947. The van der Waals surface area contributed by atoms with E-state index < -0.39 is 12.1 Å². The number of aliphatic hydroxyl groups is 2. The zero-order valence-electron chi connectivity index (χ0n) is 13.2. The van der Waals surface area contributed by atoms with Crippen molar-refractivity contribution < 1.29 is 34.4 Å². The van der Waals surface area contributed by atoms with Gasteiger partial charge < -0.3 is 25.0 Å². The molecule has 2 atom stereocenters. The Morgan fingerprint density at radius 3 is 2.58 bits per heavy atom. The molecule has 0 aliphatic carbocycles. The monoisotopic (exact) mass is 340 g/mol. The standard InChI is InChI=1S/C14H18N2O5.CH2O2/c1-21-14(20)11-4-10(5-15-6-11)13(19)16-3-2-9(8-17)12(18)7-16;2-1-3/h4-6,9,12,17-18H,2-3,7-8H2,1H3;1H,(H,2,3)/t9-,12-;/m1./s1. The van der Waals surface area contributed by atoms with E-state index in [-0.39, 0.29) is 42.6 Å². The van der Waals surface area contributed by atoms with Crippen LogP contribution in [-0.4, -0.2) is 76.5 Å². The van der Waals surface area contributed by atoms with Crippen LogP contribution in [0.25, 0.3) is 0 Å². The first kappa shape index (κ1) is 19.5. The van der Waals surface area contributed by atoms with Crippen molar-refractivity contribution in [3.05, 3.63) is 29.6 Å². The van der Waals surface area contributed by atoms with Crippen molar-refractivity contribution >= 4 is 18.3 Å². The van der Waals surface area contributed by atoms with Gasteiger partial charge in [0.25, 0.3) is 12.4 Å². The fourth-order valence-electron chi connectivity index (χ4n) is 2.35. The number of carboxylic acid groups (broad SMARTS) is 1. The van der Waals surface area contributed by atoms with Gasteiger partial charge in [0.1, 0.15) is 0 Å². The molecule has 1 saturated heterocycles. The van der Waals surface area contributed by atoms with Gasteiger partial charge in [-0.15, -0.1) is 0 Å². The van der Waals surface area contributed by atoms with Crippen molar-refractivity contribution in [2.24, 2.45) is 5.92 Å². The molecule has 1 aromatic heterocycles. The molecule has 2 heterocycles. The molecular weight excluding hydrogens is 320 g/mol. The van der Waals surface area contributed by atoms with E-state index in [1.54, 1.807) is 0 Å². The van der Waals surface area contributed by atoms with E-state index in [4.69, 9.17) is 15.0 Å². The molecule has 2 rings (SSSR count). The van der Waals surface area contributed by atoms with E-state index in [1.165, 1.54) is 30.5 Å². The maximum Gasteiger partial charge on any atom is 0.339 e. The van der Waals surface area contributed by atoms with Crippen molar-refractivity contribution in [2.75, 3.05) is 26.8 Å². The fourth-order valence-corrected chi connectivity index (χ4v) is 2.35. The van der Waals surface area contributed by atoms with E-state index in [9.17, 15) is 14.7 Å². The molecule has 9 heteroatoms. The number of piperidine rings is 1. The summed E-state index contributed by atoms with van der Waals surface area (Å²) >= 11 is 0. The molecule has 0 aromatic carbocycles. The number of pyridine rings is 1. The number of hydrogen-bond donors (Lipinski definition) is 3. The van der Waals surface area contributed by atoms with E-state index in [2.05, 4.69) is 9.72 Å².